The molecule has 0 aromatic heterocycles. The van der Waals surface area contributed by atoms with Gasteiger partial charge in [-0.15, -0.1) is 18.3 Å². The van der Waals surface area contributed by atoms with Crippen LogP contribution in [0.15, 0.2) is 101 Å². The zero-order valence-electron chi connectivity index (χ0n) is 34.9. The molecule has 12 heteroatoms. The summed E-state index contributed by atoms with van der Waals surface area (Å²) in [4.78, 5) is 23.1. The first-order valence-corrected chi connectivity index (χ1v) is 21.8. The number of amides is 1. The van der Waals surface area contributed by atoms with Crippen LogP contribution in [0.25, 0.3) is 0 Å². The molecule has 1 amide bonds. The Morgan fingerprint density at radius 2 is 1.71 bits per heavy atom. The van der Waals surface area contributed by atoms with Crippen LogP contribution in [-0.2, 0) is 20.9 Å². The fourth-order valence-electron chi connectivity index (χ4n) is 8.89. The number of rotatable bonds is 18. The quantitative estimate of drug-likeness (QED) is 0.0559. The molecule has 0 spiro atoms. The number of fused-ring (bicyclic) bond motifs is 2. The van der Waals surface area contributed by atoms with Crippen LogP contribution in [0.4, 0.5) is 9.18 Å². The second kappa shape index (κ2) is 19.8. The average molecular weight is 831 g/mol. The molecule has 3 aromatic rings. The van der Waals surface area contributed by atoms with Gasteiger partial charge in [-0.05, 0) is 130 Å². The highest BCUT2D eigenvalue weighted by molar-refractivity contribution is 7.98. The number of halogens is 1. The minimum absolute atomic E-state index is 0.0340. The predicted octanol–water partition coefficient (Wildman–Crippen LogP) is 10.0. The first-order chi connectivity index (χ1) is 28.4. The van der Waals surface area contributed by atoms with Crippen molar-refractivity contribution in [2.75, 3.05) is 33.2 Å². The molecule has 10 nitrogen and oxygen atoms in total. The molecular weight excluding hydrogens is 772 g/mol. The summed E-state index contributed by atoms with van der Waals surface area (Å²) in [5, 5.41) is 24.7. The number of carbonyl (C=O) groups excluding carboxylic acids is 1. The molecule has 2 N–H and O–H groups in total. The molecule has 1 fully saturated rings. The highest BCUT2D eigenvalue weighted by Gasteiger charge is 2.65. The highest BCUT2D eigenvalue weighted by atomic mass is 32.2. The van der Waals surface area contributed by atoms with E-state index in [0.717, 1.165) is 41.7 Å². The summed E-state index contributed by atoms with van der Waals surface area (Å²) in [6.07, 6.45) is 10.1. The smallest absolute Gasteiger partial charge is 0.410 e. The van der Waals surface area contributed by atoms with Crippen molar-refractivity contribution in [2.24, 2.45) is 22.9 Å². The number of oxime groups is 1. The topological polar surface area (TPSA) is 119 Å². The van der Waals surface area contributed by atoms with Crippen LogP contribution in [0.3, 0.4) is 0 Å². The number of aliphatic hydroxyl groups is 2. The molecule has 1 aliphatic heterocycles. The van der Waals surface area contributed by atoms with E-state index < -0.39 is 29.4 Å². The number of carbonyl (C=O) groups is 1. The molecule has 1 heterocycles. The number of unbranched alkanes of at least 4 members (excludes halogenated alkanes) is 2. The molecular formula is C47H59FN2O8S. The van der Waals surface area contributed by atoms with Gasteiger partial charge in [0.1, 0.15) is 34.7 Å². The summed E-state index contributed by atoms with van der Waals surface area (Å²) < 4.78 is 40.5. The molecule has 0 bridgehead atoms. The van der Waals surface area contributed by atoms with Crippen LogP contribution in [0.1, 0.15) is 82.8 Å². The largest absolute Gasteiger partial charge is 0.459 e. The molecule has 3 aliphatic rings. The lowest BCUT2D eigenvalue weighted by Crippen LogP contribution is -2.70. The second-order valence-electron chi connectivity index (χ2n) is 16.5. The van der Waals surface area contributed by atoms with Gasteiger partial charge in [-0.25, -0.2) is 9.18 Å². The van der Waals surface area contributed by atoms with Crippen molar-refractivity contribution in [3.05, 3.63) is 108 Å². The Balaban J connectivity index is 1.60. The van der Waals surface area contributed by atoms with Crippen molar-refractivity contribution in [3.63, 3.8) is 0 Å². The zero-order valence-corrected chi connectivity index (χ0v) is 35.7. The Kier molecular flexibility index (Phi) is 14.8. The van der Waals surface area contributed by atoms with Crippen LogP contribution in [0.2, 0.25) is 0 Å². The fourth-order valence-corrected chi connectivity index (χ4v) is 9.30. The van der Waals surface area contributed by atoms with Crippen molar-refractivity contribution < 1.29 is 43.2 Å². The number of methoxy groups -OCH3 is 1. The number of benzene rings is 3. The lowest BCUT2D eigenvalue weighted by atomic mass is 9.55. The van der Waals surface area contributed by atoms with E-state index in [1.54, 1.807) is 34.9 Å². The van der Waals surface area contributed by atoms with E-state index in [4.69, 9.17) is 28.9 Å². The van der Waals surface area contributed by atoms with Crippen LogP contribution in [0, 0.1) is 23.6 Å². The van der Waals surface area contributed by atoms with Crippen LogP contribution < -0.4 is 9.47 Å². The van der Waals surface area contributed by atoms with E-state index in [1.807, 2.05) is 63.4 Å². The zero-order chi connectivity index (χ0) is 42.2. The van der Waals surface area contributed by atoms with E-state index in [-0.39, 0.29) is 56.4 Å². The highest BCUT2D eigenvalue weighted by Crippen LogP contribution is 2.62. The van der Waals surface area contributed by atoms with Crippen molar-refractivity contribution >= 4 is 23.6 Å². The molecule has 0 radical (unpaired) electrons. The van der Waals surface area contributed by atoms with Gasteiger partial charge in [-0.2, -0.15) is 0 Å². The van der Waals surface area contributed by atoms with Crippen molar-refractivity contribution in [1.29, 1.82) is 0 Å². The van der Waals surface area contributed by atoms with Crippen LogP contribution in [-0.4, -0.2) is 77.5 Å². The Morgan fingerprint density at radius 3 is 2.36 bits per heavy atom. The first kappa shape index (κ1) is 44.2. The molecule has 1 saturated carbocycles. The van der Waals surface area contributed by atoms with Crippen LogP contribution >= 0.6 is 11.8 Å². The number of thioether (sulfide) groups is 1. The Morgan fingerprint density at radius 1 is 1.02 bits per heavy atom. The number of ether oxygens (including phenoxy) is 4. The maximum Gasteiger partial charge on any atom is 0.410 e. The summed E-state index contributed by atoms with van der Waals surface area (Å²) in [5.41, 5.74) is 2.60. The number of allylic oxidation sites excluding steroid dienone is 1. The number of hydrogen-bond donors (Lipinski definition) is 2. The van der Waals surface area contributed by atoms with E-state index >= 15 is 0 Å². The van der Waals surface area contributed by atoms with Gasteiger partial charge in [0.2, 0.25) is 5.79 Å². The third kappa shape index (κ3) is 10.2. The minimum atomic E-state index is -1.48. The normalized spacial score (nSPS) is 24.0. The molecule has 2 aliphatic carbocycles. The van der Waals surface area contributed by atoms with E-state index in [9.17, 15) is 19.4 Å². The summed E-state index contributed by atoms with van der Waals surface area (Å²) in [6, 6.07) is 19.1. The molecule has 6 rings (SSSR count). The lowest BCUT2D eigenvalue weighted by Gasteiger charge is -2.59. The standard InChI is InChI=1S/C47H59FN2O8S/c1-7-26-55-47-42(50(45(53)54-5)30-31-14-16-33(48)17-15-31)29-40(49-58-46(2,3)4)38-27-32(12-8-10-24-51)37(13-9-11-25-52)43(44(38)47)39-28-35(20-23-41(39)57-47)56-34-18-21-36(59-6)22-19-34/h7,14-23,27-28,32,37,42-44,51-52H,1,8-13,24-26,29-30H2,2-6H3. The van der Waals surface area contributed by atoms with Gasteiger partial charge >= 0.3 is 6.09 Å². The number of aliphatic hydroxyl groups excluding tert-OH is 2. The predicted molar refractivity (Wildman–Crippen MR) is 228 cm³/mol. The van der Waals surface area contributed by atoms with Gasteiger partial charge in [0.25, 0.3) is 0 Å². The SMILES string of the molecule is C=CCOC12Oc3ccc(Oc4ccc(SC)cc4)cc3C3C(CCCCO)C(CCCCO)C=C(C(=NOC(C)(C)C)CC1N(Cc1ccc(F)cc1)C(=O)OC)C32. The Labute approximate surface area is 352 Å². The molecule has 6 unspecified atom stereocenters. The van der Waals surface area contributed by atoms with E-state index in [2.05, 4.69) is 18.7 Å². The molecule has 3 aromatic carbocycles. The molecule has 318 valence electrons. The summed E-state index contributed by atoms with van der Waals surface area (Å²) in [7, 11) is 1.34. The van der Waals surface area contributed by atoms with Gasteiger partial charge in [-0.1, -0.05) is 42.3 Å². The van der Waals surface area contributed by atoms with Gasteiger partial charge in [0.15, 0.2) is 0 Å². The Bertz CT molecular complexity index is 1950. The second-order valence-corrected chi connectivity index (χ2v) is 17.4. The average Bonchev–Trinajstić information content (AvgIpc) is 3.23. The monoisotopic (exact) mass is 830 g/mol. The summed E-state index contributed by atoms with van der Waals surface area (Å²) >= 11 is 1.66. The third-order valence-electron chi connectivity index (χ3n) is 11.4. The van der Waals surface area contributed by atoms with Gasteiger partial charge in [0.05, 0.1) is 25.3 Å². The maximum absolute atomic E-state index is 14.2. The van der Waals surface area contributed by atoms with Crippen molar-refractivity contribution in [3.8, 4) is 17.2 Å². The first-order valence-electron chi connectivity index (χ1n) is 20.6. The molecule has 59 heavy (non-hydrogen) atoms. The fraction of sp³-hybridized carbons (Fsp3) is 0.489. The number of hydrogen-bond acceptors (Lipinski definition) is 10. The van der Waals surface area contributed by atoms with Gasteiger partial charge in [-0.3, -0.25) is 4.90 Å². The molecule has 6 atom stereocenters. The van der Waals surface area contributed by atoms with Gasteiger partial charge < -0.3 is 34.0 Å². The summed E-state index contributed by atoms with van der Waals surface area (Å²) in [6.45, 7) is 10.2. The number of nitrogens with zero attached hydrogens (tertiary/aromatic N) is 2. The maximum atomic E-state index is 14.2. The van der Waals surface area contributed by atoms with Gasteiger partial charge in [0, 0.05) is 42.6 Å². The third-order valence-corrected chi connectivity index (χ3v) is 12.2. The van der Waals surface area contributed by atoms with Crippen LogP contribution in [0.5, 0.6) is 17.2 Å². The lowest BCUT2D eigenvalue weighted by molar-refractivity contribution is -0.256. The van der Waals surface area contributed by atoms with Crippen molar-refractivity contribution in [1.82, 2.24) is 4.90 Å². The van der Waals surface area contributed by atoms with E-state index in [1.165, 1.54) is 19.2 Å². The van der Waals surface area contributed by atoms with Crippen molar-refractivity contribution in [2.45, 2.75) is 101 Å². The van der Waals surface area contributed by atoms with E-state index in [0.29, 0.717) is 41.4 Å². The molecule has 0 saturated heterocycles. The Hall–Kier alpha value is -4.36. The minimum Gasteiger partial charge on any atom is -0.459 e. The summed E-state index contributed by atoms with van der Waals surface area (Å²) in [5.74, 6) is -0.562.